The minimum Gasteiger partial charge on any atom is -0.290 e. The Morgan fingerprint density at radius 3 is 2.48 bits per heavy atom. The first-order valence-electron chi connectivity index (χ1n) is 11.0. The summed E-state index contributed by atoms with van der Waals surface area (Å²) in [6.07, 6.45) is 9.63. The monoisotopic (exact) mass is 391 g/mol. The summed E-state index contributed by atoms with van der Waals surface area (Å²) in [4.78, 5) is 2.60. The van der Waals surface area contributed by atoms with Gasteiger partial charge in [0.15, 0.2) is 5.82 Å². The molecule has 29 heavy (non-hydrogen) atoms. The van der Waals surface area contributed by atoms with Gasteiger partial charge in [-0.2, -0.15) is 4.68 Å². The van der Waals surface area contributed by atoms with E-state index in [4.69, 9.17) is 0 Å². The second-order valence-electron chi connectivity index (χ2n) is 8.79. The van der Waals surface area contributed by atoms with Crippen LogP contribution in [-0.4, -0.2) is 38.2 Å². The Morgan fingerprint density at radius 1 is 1.14 bits per heavy atom. The van der Waals surface area contributed by atoms with Crippen molar-refractivity contribution in [3.8, 4) is 5.69 Å². The zero-order chi connectivity index (χ0) is 20.4. The molecule has 1 aliphatic carbocycles. The van der Waals surface area contributed by atoms with Crippen LogP contribution in [0.5, 0.6) is 0 Å². The molecule has 0 radical (unpaired) electrons. The molecule has 1 aromatic carbocycles. The predicted molar refractivity (Wildman–Crippen MR) is 117 cm³/mol. The number of allylic oxidation sites excluding steroid dienone is 2. The quantitative estimate of drug-likeness (QED) is 0.665. The first-order valence-corrected chi connectivity index (χ1v) is 11.0. The van der Waals surface area contributed by atoms with Crippen molar-refractivity contribution in [3.63, 3.8) is 0 Å². The highest BCUT2D eigenvalue weighted by Crippen LogP contribution is 2.39. The molecule has 4 rings (SSSR count). The molecule has 0 spiro atoms. The van der Waals surface area contributed by atoms with E-state index in [0.29, 0.717) is 5.92 Å². The van der Waals surface area contributed by atoms with Crippen LogP contribution in [0.3, 0.4) is 0 Å². The molecule has 2 heterocycles. The summed E-state index contributed by atoms with van der Waals surface area (Å²) in [5.41, 5.74) is 6.31. The average molecular weight is 392 g/mol. The first-order chi connectivity index (χ1) is 14.1. The third-order valence-corrected chi connectivity index (χ3v) is 6.64. The van der Waals surface area contributed by atoms with E-state index in [0.717, 1.165) is 37.4 Å². The van der Waals surface area contributed by atoms with Gasteiger partial charge in [-0.25, -0.2) is 0 Å². The number of hydrogen-bond donors (Lipinski definition) is 0. The Bertz CT molecular complexity index is 883. The lowest BCUT2D eigenvalue weighted by atomic mass is 9.82. The molecule has 0 saturated carbocycles. The Hall–Kier alpha value is -2.27. The van der Waals surface area contributed by atoms with Crippen molar-refractivity contribution >= 4 is 0 Å². The van der Waals surface area contributed by atoms with Gasteiger partial charge in [-0.3, -0.25) is 4.90 Å². The molecule has 2 atom stereocenters. The van der Waals surface area contributed by atoms with Crippen molar-refractivity contribution in [2.75, 3.05) is 13.1 Å². The Labute approximate surface area is 174 Å². The van der Waals surface area contributed by atoms with Gasteiger partial charge in [0.1, 0.15) is 0 Å². The van der Waals surface area contributed by atoms with Crippen molar-refractivity contribution in [3.05, 3.63) is 59.0 Å². The Kier molecular flexibility index (Phi) is 5.95. The van der Waals surface area contributed by atoms with Gasteiger partial charge in [0.2, 0.25) is 0 Å². The third-order valence-electron chi connectivity index (χ3n) is 6.64. The summed E-state index contributed by atoms with van der Waals surface area (Å²) in [6.45, 7) is 12.9. The van der Waals surface area contributed by atoms with Crippen LogP contribution in [0, 0.1) is 19.8 Å². The maximum atomic E-state index is 4.58. The fraction of sp³-hybridized carbons (Fsp3) is 0.542. The van der Waals surface area contributed by atoms with Crippen LogP contribution < -0.4 is 0 Å². The van der Waals surface area contributed by atoms with E-state index < -0.39 is 0 Å². The lowest BCUT2D eigenvalue weighted by molar-refractivity contribution is 0.172. The van der Waals surface area contributed by atoms with E-state index in [1.54, 1.807) is 0 Å². The molecular formula is C24H33N5. The molecule has 1 aromatic heterocycles. The van der Waals surface area contributed by atoms with Gasteiger partial charge < -0.3 is 0 Å². The predicted octanol–water partition coefficient (Wildman–Crippen LogP) is 5.11. The summed E-state index contributed by atoms with van der Waals surface area (Å²) < 4.78 is 2.00. The Balaban J connectivity index is 1.76. The minimum absolute atomic E-state index is 0.162. The van der Waals surface area contributed by atoms with Crippen molar-refractivity contribution in [1.82, 2.24) is 25.1 Å². The van der Waals surface area contributed by atoms with Gasteiger partial charge >= 0.3 is 0 Å². The van der Waals surface area contributed by atoms with E-state index in [9.17, 15) is 0 Å². The third kappa shape index (κ3) is 4.06. The number of aryl methyl sites for hydroxylation is 2. The number of tetrazole rings is 1. The van der Waals surface area contributed by atoms with Gasteiger partial charge in [-0.15, -0.1) is 5.10 Å². The summed E-state index contributed by atoms with van der Waals surface area (Å²) in [6, 6.07) is 6.54. The molecule has 2 aliphatic rings. The number of nitrogens with zero attached hydrogens (tertiary/aromatic N) is 5. The van der Waals surface area contributed by atoms with E-state index in [2.05, 4.69) is 72.1 Å². The average Bonchev–Trinajstić information content (AvgIpc) is 3.18. The molecule has 5 heteroatoms. The van der Waals surface area contributed by atoms with E-state index in [1.165, 1.54) is 48.0 Å². The SMILES string of the molecule is C=C(C)C1CC=C(C(c2nnnn2-c2c(C)cccc2C)N2CCCCC2)CC1. The fourth-order valence-electron chi connectivity index (χ4n) is 4.95. The number of hydrogen-bond acceptors (Lipinski definition) is 4. The van der Waals surface area contributed by atoms with Crippen LogP contribution in [-0.2, 0) is 0 Å². The first kappa shape index (κ1) is 20.0. The summed E-state index contributed by atoms with van der Waals surface area (Å²) >= 11 is 0. The number of benzene rings is 1. The molecule has 2 unspecified atom stereocenters. The van der Waals surface area contributed by atoms with Crippen LogP contribution in [0.1, 0.15) is 68.4 Å². The van der Waals surface area contributed by atoms with Crippen molar-refractivity contribution in [2.24, 2.45) is 5.92 Å². The maximum Gasteiger partial charge on any atom is 0.177 e. The van der Waals surface area contributed by atoms with Crippen LogP contribution in [0.15, 0.2) is 42.0 Å². The normalized spacial score (nSPS) is 21.6. The second-order valence-corrected chi connectivity index (χ2v) is 8.79. The molecule has 1 saturated heterocycles. The molecular weight excluding hydrogens is 358 g/mol. The highest BCUT2D eigenvalue weighted by molar-refractivity contribution is 5.47. The van der Waals surface area contributed by atoms with E-state index >= 15 is 0 Å². The van der Waals surface area contributed by atoms with Crippen molar-refractivity contribution < 1.29 is 0 Å². The number of para-hydroxylation sites is 1. The van der Waals surface area contributed by atoms with E-state index in [-0.39, 0.29) is 6.04 Å². The molecule has 1 fully saturated rings. The number of aromatic nitrogens is 4. The number of piperidine rings is 1. The van der Waals surface area contributed by atoms with E-state index in [1.807, 2.05) is 4.68 Å². The van der Waals surface area contributed by atoms with Gasteiger partial charge in [0.25, 0.3) is 0 Å². The molecule has 154 valence electrons. The topological polar surface area (TPSA) is 46.8 Å². The van der Waals surface area contributed by atoms with Gasteiger partial charge in [-0.05, 0) is 99.0 Å². The standard InChI is InChI=1S/C24H33N5/c1-17(2)20-11-13-21(14-12-20)23(28-15-6-5-7-16-28)24-25-26-27-29(24)22-18(3)9-8-10-19(22)4/h8-10,13,20,23H,1,5-7,11-12,14-16H2,2-4H3. The maximum absolute atomic E-state index is 4.58. The largest absolute Gasteiger partial charge is 0.290 e. The lowest BCUT2D eigenvalue weighted by Gasteiger charge is -2.37. The summed E-state index contributed by atoms with van der Waals surface area (Å²) in [5.74, 6) is 1.57. The van der Waals surface area contributed by atoms with Gasteiger partial charge in [-0.1, -0.05) is 42.8 Å². The Morgan fingerprint density at radius 2 is 1.86 bits per heavy atom. The van der Waals surface area contributed by atoms with Crippen LogP contribution in [0.4, 0.5) is 0 Å². The van der Waals surface area contributed by atoms with Gasteiger partial charge in [0.05, 0.1) is 11.7 Å². The number of likely N-dealkylation sites (tertiary alicyclic amines) is 1. The van der Waals surface area contributed by atoms with Crippen molar-refractivity contribution in [2.45, 2.75) is 65.3 Å². The summed E-state index contributed by atoms with van der Waals surface area (Å²) in [5, 5.41) is 13.2. The minimum atomic E-state index is 0.162. The zero-order valence-electron chi connectivity index (χ0n) is 18.1. The highest BCUT2D eigenvalue weighted by atomic mass is 15.6. The second kappa shape index (κ2) is 8.62. The fourth-order valence-corrected chi connectivity index (χ4v) is 4.95. The zero-order valence-corrected chi connectivity index (χ0v) is 18.1. The molecule has 2 aromatic rings. The molecule has 0 amide bonds. The van der Waals surface area contributed by atoms with Crippen LogP contribution in [0.2, 0.25) is 0 Å². The van der Waals surface area contributed by atoms with Gasteiger partial charge in [0, 0.05) is 0 Å². The lowest BCUT2D eigenvalue weighted by Crippen LogP contribution is -2.37. The molecule has 0 bridgehead atoms. The molecule has 0 N–H and O–H groups in total. The number of rotatable bonds is 5. The molecule has 1 aliphatic heterocycles. The smallest absolute Gasteiger partial charge is 0.177 e. The highest BCUT2D eigenvalue weighted by Gasteiger charge is 2.33. The van der Waals surface area contributed by atoms with Crippen molar-refractivity contribution in [1.29, 1.82) is 0 Å². The van der Waals surface area contributed by atoms with Crippen LogP contribution in [0.25, 0.3) is 5.69 Å². The molecule has 5 nitrogen and oxygen atoms in total. The summed E-state index contributed by atoms with van der Waals surface area (Å²) in [7, 11) is 0. The van der Waals surface area contributed by atoms with Crippen LogP contribution >= 0.6 is 0 Å².